The molecule has 0 spiro atoms. The first-order chi connectivity index (χ1) is 36.4. The fraction of sp³-hybridized carbons (Fsp3) is 0.167. The van der Waals surface area contributed by atoms with Gasteiger partial charge in [-0.3, -0.25) is 0 Å². The van der Waals surface area contributed by atoms with Crippen molar-refractivity contribution in [2.24, 2.45) is 0 Å². The quantitative estimate of drug-likeness (QED) is 0.127. The van der Waals surface area contributed by atoms with Gasteiger partial charge in [0.1, 0.15) is 0 Å². The van der Waals surface area contributed by atoms with Crippen LogP contribution in [0.4, 0.5) is 34.1 Å². The number of rotatable bonds is 11. The lowest BCUT2D eigenvalue weighted by Crippen LogP contribution is -2.17. The molecule has 76 heavy (non-hydrogen) atoms. The highest BCUT2D eigenvalue weighted by atomic mass is 79.9. The second kappa shape index (κ2) is 21.3. The van der Waals surface area contributed by atoms with E-state index in [9.17, 15) is 0 Å². The van der Waals surface area contributed by atoms with Crippen LogP contribution in [0.5, 0.6) is 0 Å². The van der Waals surface area contributed by atoms with E-state index < -0.39 is 0 Å². The van der Waals surface area contributed by atoms with Gasteiger partial charge in [0.2, 0.25) is 0 Å². The van der Waals surface area contributed by atoms with Crippen molar-refractivity contribution in [1.29, 1.82) is 0 Å². The maximum atomic E-state index is 7.66. The van der Waals surface area contributed by atoms with E-state index in [1.165, 1.54) is 22.3 Å². The summed E-state index contributed by atoms with van der Waals surface area (Å²) in [7, 11) is 0. The van der Waals surface area contributed by atoms with Crippen LogP contribution in [0, 0.1) is 0 Å². The zero-order valence-corrected chi connectivity index (χ0v) is 47.5. The van der Waals surface area contributed by atoms with Crippen molar-refractivity contribution in [3.63, 3.8) is 0 Å². The first kappa shape index (κ1) is 52.0. The molecule has 0 atom stereocenters. The van der Waals surface area contributed by atoms with Crippen molar-refractivity contribution in [1.82, 2.24) is 0 Å². The van der Waals surface area contributed by atoms with E-state index in [-0.39, 0.29) is 16.2 Å². The predicted octanol–water partition coefficient (Wildman–Crippen LogP) is 22.3. The highest BCUT2D eigenvalue weighted by molar-refractivity contribution is 9.10. The molecule has 0 aromatic heterocycles. The van der Waals surface area contributed by atoms with Crippen molar-refractivity contribution in [3.8, 4) is 55.6 Å². The summed E-state index contributed by atoms with van der Waals surface area (Å²) in [5.74, 6) is 0. The molecule has 2 nitrogen and oxygen atoms in total. The zero-order valence-electron chi connectivity index (χ0n) is 45.2. The highest BCUT2D eigenvalue weighted by Gasteiger charge is 2.28. The van der Waals surface area contributed by atoms with Gasteiger partial charge in [-0.15, -0.1) is 0 Å². The summed E-state index contributed by atoms with van der Waals surface area (Å²) >= 11 is 11.6. The summed E-state index contributed by atoms with van der Waals surface area (Å²) in [4.78, 5) is 4.81. The summed E-state index contributed by atoms with van der Waals surface area (Å²) in [6.45, 7) is 20.7. The largest absolute Gasteiger partial charge is 0.310 e. The summed E-state index contributed by atoms with van der Waals surface area (Å²) in [6.07, 6.45) is 0. The Balaban J connectivity index is 1.28. The smallest absolute Gasteiger partial charge is 0.0618 e. The third kappa shape index (κ3) is 11.4. The SMILES string of the molecule is CC(C)(C)c1cc(-c2cccc(N(c3cc(-c4ccccc4)cc(-c4ccccc4)c3)c3cc(Cl)cc(N(c4cccc(Br)c4)c4c(-c5ccccc5)cc(C(C)(C)C)cc4-c4ccccc4)c3)c2)cc(C(C)(C)C)c1. The molecule has 0 amide bonds. The van der Waals surface area contributed by atoms with E-state index >= 15 is 0 Å². The average molecular weight is 1070 g/mol. The second-order valence-corrected chi connectivity index (χ2v) is 24.4. The minimum atomic E-state index is -0.139. The second-order valence-electron chi connectivity index (χ2n) is 23.1. The fourth-order valence-corrected chi connectivity index (χ4v) is 10.7. The number of anilines is 6. The van der Waals surface area contributed by atoms with Crippen LogP contribution in [-0.2, 0) is 16.2 Å². The molecule has 0 unspecified atom stereocenters. The Morgan fingerprint density at radius 1 is 0.289 bits per heavy atom. The van der Waals surface area contributed by atoms with Crippen LogP contribution in [0.3, 0.4) is 0 Å². The van der Waals surface area contributed by atoms with Gasteiger partial charge >= 0.3 is 0 Å². The van der Waals surface area contributed by atoms with Crippen molar-refractivity contribution >= 4 is 61.7 Å². The molecule has 378 valence electrons. The molecule has 0 bridgehead atoms. The van der Waals surface area contributed by atoms with Gasteiger partial charge in [-0.2, -0.15) is 0 Å². The molecule has 0 aliphatic heterocycles. The minimum Gasteiger partial charge on any atom is -0.310 e. The third-order valence-corrected chi connectivity index (χ3v) is 15.0. The molecule has 0 aliphatic rings. The lowest BCUT2D eigenvalue weighted by molar-refractivity contribution is 0.569. The minimum absolute atomic E-state index is 0.0450. The molecule has 10 aromatic carbocycles. The summed E-state index contributed by atoms with van der Waals surface area (Å²) in [6, 6.07) is 86.1. The van der Waals surface area contributed by atoms with E-state index in [0.29, 0.717) is 5.02 Å². The lowest BCUT2D eigenvalue weighted by atomic mass is 9.79. The van der Waals surface area contributed by atoms with Crippen LogP contribution >= 0.6 is 27.5 Å². The molecule has 4 heteroatoms. The van der Waals surface area contributed by atoms with Crippen LogP contribution < -0.4 is 9.80 Å². The van der Waals surface area contributed by atoms with Gasteiger partial charge in [0, 0.05) is 49.1 Å². The topological polar surface area (TPSA) is 6.48 Å². The van der Waals surface area contributed by atoms with Gasteiger partial charge in [0.25, 0.3) is 0 Å². The Hall–Kier alpha value is -7.43. The van der Waals surface area contributed by atoms with Crippen molar-refractivity contribution in [3.05, 3.63) is 263 Å². The maximum Gasteiger partial charge on any atom is 0.0618 e. The van der Waals surface area contributed by atoms with Crippen LogP contribution in [0.1, 0.15) is 79.0 Å². The lowest BCUT2D eigenvalue weighted by Gasteiger charge is -2.34. The highest BCUT2D eigenvalue weighted by Crippen LogP contribution is 2.51. The van der Waals surface area contributed by atoms with E-state index in [0.717, 1.165) is 88.7 Å². The molecule has 0 heterocycles. The number of benzene rings is 10. The van der Waals surface area contributed by atoms with Gasteiger partial charge < -0.3 is 9.80 Å². The molecule has 0 saturated heterocycles. The van der Waals surface area contributed by atoms with Crippen LogP contribution in [-0.4, -0.2) is 0 Å². The predicted molar refractivity (Wildman–Crippen MR) is 332 cm³/mol. The normalized spacial score (nSPS) is 11.9. The maximum absolute atomic E-state index is 7.66. The van der Waals surface area contributed by atoms with Crippen molar-refractivity contribution < 1.29 is 0 Å². The van der Waals surface area contributed by atoms with Crippen molar-refractivity contribution in [2.45, 2.75) is 78.6 Å². The van der Waals surface area contributed by atoms with Gasteiger partial charge in [0.05, 0.1) is 5.69 Å². The Bertz CT molecular complexity index is 3510. The van der Waals surface area contributed by atoms with E-state index in [1.807, 2.05) is 0 Å². The molecule has 10 aromatic rings. The summed E-state index contributed by atoms with van der Waals surface area (Å²) < 4.78 is 0.973. The first-order valence-corrected chi connectivity index (χ1v) is 27.5. The Labute approximate surface area is 465 Å². The molecule has 0 fully saturated rings. The van der Waals surface area contributed by atoms with E-state index in [4.69, 9.17) is 11.6 Å². The number of halogens is 2. The third-order valence-electron chi connectivity index (χ3n) is 14.3. The summed E-state index contributed by atoms with van der Waals surface area (Å²) in [5, 5.41) is 0.609. The fourth-order valence-electron chi connectivity index (χ4n) is 10.1. The number of nitrogens with zero attached hydrogens (tertiary/aromatic N) is 2. The van der Waals surface area contributed by atoms with E-state index in [2.05, 4.69) is 325 Å². The van der Waals surface area contributed by atoms with Crippen LogP contribution in [0.25, 0.3) is 55.6 Å². The molecule has 0 saturated carbocycles. The monoisotopic (exact) mass is 1070 g/mol. The van der Waals surface area contributed by atoms with Gasteiger partial charge in [0.15, 0.2) is 0 Å². The molecule has 10 rings (SSSR count). The molecular weight excluding hydrogens is 1010 g/mol. The van der Waals surface area contributed by atoms with Crippen molar-refractivity contribution in [2.75, 3.05) is 9.80 Å². The first-order valence-electron chi connectivity index (χ1n) is 26.4. The standard InChI is InChI=1S/C72H66BrClN2/c1-70(2,3)57-37-56(38-58(42-57)71(4,5)6)53-32-22-34-62(39-53)75(64-40-54(49-24-14-10-15-25-49)36-55(41-64)50-26-16-11-17-27-50)65-46-61(74)47-66(48-65)76(63-35-23-33-60(73)45-63)69-67(51-28-18-12-19-29-51)43-59(72(7,8)9)44-68(69)52-30-20-13-21-31-52/h10-48H,1-9H3. The van der Waals surface area contributed by atoms with E-state index in [1.54, 1.807) is 0 Å². The Morgan fingerprint density at radius 3 is 1.12 bits per heavy atom. The van der Waals surface area contributed by atoms with Gasteiger partial charge in [-0.1, -0.05) is 248 Å². The molecular formula is C72H66BrClN2. The van der Waals surface area contributed by atoms with Gasteiger partial charge in [-0.25, -0.2) is 0 Å². The average Bonchev–Trinajstić information content (AvgIpc) is 3.49. The van der Waals surface area contributed by atoms with Crippen LogP contribution in [0.15, 0.2) is 241 Å². The molecule has 0 N–H and O–H groups in total. The molecule has 0 radical (unpaired) electrons. The molecule has 0 aliphatic carbocycles. The Kier molecular flexibility index (Phi) is 14.6. The number of hydrogen-bond acceptors (Lipinski definition) is 2. The summed E-state index contributed by atoms with van der Waals surface area (Å²) in [5.41, 5.74) is 20.8. The Morgan fingerprint density at radius 2 is 0.658 bits per heavy atom. The van der Waals surface area contributed by atoms with Crippen LogP contribution in [0.2, 0.25) is 5.02 Å². The van der Waals surface area contributed by atoms with Gasteiger partial charge in [-0.05, 0) is 156 Å². The number of hydrogen-bond donors (Lipinski definition) is 0. The zero-order chi connectivity index (χ0) is 53.4.